The topological polar surface area (TPSA) is 66.8 Å². The second-order valence-electron chi connectivity index (χ2n) is 3.88. The zero-order valence-corrected chi connectivity index (χ0v) is 10.8. The molecule has 20 heavy (non-hydrogen) atoms. The molecule has 0 aromatic heterocycles. The lowest BCUT2D eigenvalue weighted by Crippen LogP contribution is -2.40. The van der Waals surface area contributed by atoms with Gasteiger partial charge in [0.2, 0.25) is 6.10 Å². The summed E-state index contributed by atoms with van der Waals surface area (Å²) < 4.78 is 43.0. The number of benzene rings is 1. The third-order valence-electron chi connectivity index (χ3n) is 2.57. The minimum absolute atomic E-state index is 0.175. The van der Waals surface area contributed by atoms with Gasteiger partial charge in [-0.2, -0.15) is 13.2 Å². The zero-order chi connectivity index (χ0) is 15.2. The largest absolute Gasteiger partial charge is 0.505 e. The summed E-state index contributed by atoms with van der Waals surface area (Å²) in [5, 5.41) is 17.6. The highest BCUT2D eigenvalue weighted by molar-refractivity contribution is 6.38. The predicted molar refractivity (Wildman–Crippen MR) is 64.2 cm³/mol. The summed E-state index contributed by atoms with van der Waals surface area (Å²) in [6, 6.07) is 0.936. The van der Waals surface area contributed by atoms with Gasteiger partial charge in [-0.1, -0.05) is 23.2 Å². The van der Waals surface area contributed by atoms with Gasteiger partial charge in [-0.3, -0.25) is 0 Å². The van der Waals surface area contributed by atoms with Crippen molar-refractivity contribution in [3.05, 3.63) is 27.2 Å². The van der Waals surface area contributed by atoms with Crippen molar-refractivity contribution in [3.8, 4) is 11.5 Å². The molecule has 1 aromatic rings. The fourth-order valence-corrected chi connectivity index (χ4v) is 2.16. The predicted octanol–water partition coefficient (Wildman–Crippen LogP) is 3.49. The Balaban J connectivity index is 2.66. The number of fused-ring (bicyclic) bond motifs is 1. The third-order valence-corrected chi connectivity index (χ3v) is 3.24. The molecule has 0 fully saturated rings. The summed E-state index contributed by atoms with van der Waals surface area (Å²) in [7, 11) is 0. The maximum absolute atomic E-state index is 12.8. The number of alkyl halides is 3. The first-order chi connectivity index (χ1) is 9.12. The van der Waals surface area contributed by atoms with Gasteiger partial charge in [0.05, 0.1) is 15.6 Å². The van der Waals surface area contributed by atoms with Crippen LogP contribution in [0.4, 0.5) is 13.2 Å². The fourth-order valence-electron chi connectivity index (χ4n) is 1.67. The average molecular weight is 329 g/mol. The summed E-state index contributed by atoms with van der Waals surface area (Å²) >= 11 is 11.3. The smallest absolute Gasteiger partial charge is 0.430 e. The molecular weight excluding hydrogens is 324 g/mol. The van der Waals surface area contributed by atoms with Crippen molar-refractivity contribution in [3.63, 3.8) is 0 Å². The Kier molecular flexibility index (Phi) is 3.51. The number of ether oxygens (including phenoxy) is 1. The van der Waals surface area contributed by atoms with Crippen LogP contribution in [0.3, 0.4) is 0 Å². The lowest BCUT2D eigenvalue weighted by atomic mass is 10.0. The van der Waals surface area contributed by atoms with E-state index >= 15 is 0 Å². The first-order valence-corrected chi connectivity index (χ1v) is 5.77. The van der Waals surface area contributed by atoms with Crippen molar-refractivity contribution in [2.24, 2.45) is 0 Å². The molecule has 1 aromatic carbocycles. The molecule has 0 saturated carbocycles. The number of halogens is 5. The van der Waals surface area contributed by atoms with E-state index in [0.717, 1.165) is 6.07 Å². The standard InChI is InChI=1S/C11H5Cl2F3O4/c12-5-2-6-3(7(13)8(5)17)1-4(10(18)19)9(20-6)11(14,15)16/h1-2,9,17H,(H,18,19). The molecule has 0 spiro atoms. The van der Waals surface area contributed by atoms with Gasteiger partial charge in [0.25, 0.3) is 0 Å². The van der Waals surface area contributed by atoms with Crippen LogP contribution in [0, 0.1) is 0 Å². The molecule has 2 N–H and O–H groups in total. The van der Waals surface area contributed by atoms with E-state index in [1.807, 2.05) is 0 Å². The lowest BCUT2D eigenvalue weighted by molar-refractivity contribution is -0.187. The monoisotopic (exact) mass is 328 g/mol. The van der Waals surface area contributed by atoms with E-state index in [9.17, 15) is 23.1 Å². The number of aliphatic carboxylic acids is 1. The van der Waals surface area contributed by atoms with Gasteiger partial charge in [0.15, 0.2) is 5.75 Å². The molecule has 0 bridgehead atoms. The van der Waals surface area contributed by atoms with Crippen molar-refractivity contribution in [1.29, 1.82) is 0 Å². The number of hydrogen-bond donors (Lipinski definition) is 2. The van der Waals surface area contributed by atoms with E-state index in [1.54, 1.807) is 0 Å². The number of phenolic OH excluding ortho intramolecular Hbond substituents is 1. The molecule has 108 valence electrons. The SMILES string of the molecule is O=C(O)C1=Cc2c(cc(Cl)c(O)c2Cl)OC1C(F)(F)F. The van der Waals surface area contributed by atoms with Gasteiger partial charge < -0.3 is 14.9 Å². The fraction of sp³-hybridized carbons (Fsp3) is 0.182. The highest BCUT2D eigenvalue weighted by atomic mass is 35.5. The molecule has 1 unspecified atom stereocenters. The number of phenols is 1. The first-order valence-electron chi connectivity index (χ1n) is 5.02. The minimum atomic E-state index is -4.92. The molecule has 9 heteroatoms. The first kappa shape index (κ1) is 14.8. The van der Waals surface area contributed by atoms with Crippen LogP contribution < -0.4 is 4.74 Å². The average Bonchev–Trinajstić information content (AvgIpc) is 2.33. The van der Waals surface area contributed by atoms with Crippen LogP contribution in [0.2, 0.25) is 10.0 Å². The molecule has 0 radical (unpaired) electrons. The Morgan fingerprint density at radius 3 is 2.45 bits per heavy atom. The van der Waals surface area contributed by atoms with Crippen LogP contribution in [0.1, 0.15) is 5.56 Å². The van der Waals surface area contributed by atoms with Crippen molar-refractivity contribution in [2.75, 3.05) is 0 Å². The Morgan fingerprint density at radius 1 is 1.35 bits per heavy atom. The number of carboxylic acid groups (broad SMARTS) is 1. The van der Waals surface area contributed by atoms with Crippen molar-refractivity contribution < 1.29 is 32.9 Å². The molecule has 0 amide bonds. The Labute approximate surface area is 120 Å². The van der Waals surface area contributed by atoms with Crippen LogP contribution in [0.15, 0.2) is 11.6 Å². The second-order valence-corrected chi connectivity index (χ2v) is 4.66. The van der Waals surface area contributed by atoms with Crippen LogP contribution >= 0.6 is 23.2 Å². The van der Waals surface area contributed by atoms with E-state index in [2.05, 4.69) is 4.74 Å². The molecule has 1 atom stereocenters. The van der Waals surface area contributed by atoms with E-state index in [4.69, 9.17) is 28.3 Å². The molecule has 0 saturated heterocycles. The van der Waals surface area contributed by atoms with Crippen LogP contribution in [-0.2, 0) is 4.79 Å². The summed E-state index contributed by atoms with van der Waals surface area (Å²) in [6.45, 7) is 0. The van der Waals surface area contributed by atoms with E-state index in [0.29, 0.717) is 6.08 Å². The highest BCUT2D eigenvalue weighted by Crippen LogP contribution is 2.46. The number of carboxylic acids is 1. The highest BCUT2D eigenvalue weighted by Gasteiger charge is 2.48. The summed E-state index contributed by atoms with van der Waals surface area (Å²) in [6.07, 6.45) is -6.85. The molecular formula is C11H5Cl2F3O4. The maximum atomic E-state index is 12.8. The van der Waals surface area contributed by atoms with Gasteiger partial charge in [-0.25, -0.2) is 4.79 Å². The summed E-state index contributed by atoms with van der Waals surface area (Å²) in [5.41, 5.74) is -1.21. The van der Waals surface area contributed by atoms with Crippen LogP contribution in [0.25, 0.3) is 6.08 Å². The van der Waals surface area contributed by atoms with E-state index in [1.165, 1.54) is 0 Å². The Morgan fingerprint density at radius 2 is 1.95 bits per heavy atom. The molecule has 2 rings (SSSR count). The molecule has 1 aliphatic rings. The minimum Gasteiger partial charge on any atom is -0.505 e. The van der Waals surface area contributed by atoms with Gasteiger partial charge in [0.1, 0.15) is 5.75 Å². The van der Waals surface area contributed by atoms with Crippen LogP contribution in [0.5, 0.6) is 11.5 Å². The van der Waals surface area contributed by atoms with E-state index in [-0.39, 0.29) is 21.4 Å². The number of carbonyl (C=O) groups is 1. The van der Waals surface area contributed by atoms with Crippen LogP contribution in [-0.4, -0.2) is 28.5 Å². The third kappa shape index (κ3) is 2.38. The van der Waals surface area contributed by atoms with Gasteiger partial charge in [0, 0.05) is 11.6 Å². The molecule has 1 aliphatic heterocycles. The van der Waals surface area contributed by atoms with Crippen molar-refractivity contribution in [2.45, 2.75) is 12.3 Å². The Bertz CT molecular complexity index is 625. The van der Waals surface area contributed by atoms with Crippen molar-refractivity contribution >= 4 is 35.2 Å². The Hall–Kier alpha value is -1.60. The number of hydrogen-bond acceptors (Lipinski definition) is 3. The maximum Gasteiger partial charge on any atom is 0.430 e. The number of rotatable bonds is 1. The normalized spacial score (nSPS) is 18.1. The summed E-state index contributed by atoms with van der Waals surface area (Å²) in [4.78, 5) is 10.9. The molecule has 0 aliphatic carbocycles. The van der Waals surface area contributed by atoms with Crippen molar-refractivity contribution in [1.82, 2.24) is 0 Å². The number of aromatic hydroxyl groups is 1. The van der Waals surface area contributed by atoms with Gasteiger partial charge in [-0.05, 0) is 6.08 Å². The quantitative estimate of drug-likeness (QED) is 0.828. The zero-order valence-electron chi connectivity index (χ0n) is 9.33. The molecule has 4 nitrogen and oxygen atoms in total. The summed E-state index contributed by atoms with van der Waals surface area (Å²) in [5.74, 6) is -2.73. The second kappa shape index (κ2) is 4.75. The van der Waals surface area contributed by atoms with Gasteiger partial charge in [-0.15, -0.1) is 0 Å². The van der Waals surface area contributed by atoms with Gasteiger partial charge >= 0.3 is 12.1 Å². The van der Waals surface area contributed by atoms with E-state index < -0.39 is 29.6 Å². The molecule has 1 heterocycles. The lowest BCUT2D eigenvalue weighted by Gasteiger charge is -2.27.